The molecule has 4 nitrogen and oxygen atoms in total. The quantitative estimate of drug-likeness (QED) is 0.818. The summed E-state index contributed by atoms with van der Waals surface area (Å²) in [5, 5.41) is 10.2. The van der Waals surface area contributed by atoms with Crippen LogP contribution in [-0.4, -0.2) is 28.4 Å². The lowest BCUT2D eigenvalue weighted by molar-refractivity contribution is -0.137. The van der Waals surface area contributed by atoms with E-state index in [1.165, 1.54) is 0 Å². The third-order valence-corrected chi connectivity index (χ3v) is 2.84. The van der Waals surface area contributed by atoms with Crippen molar-refractivity contribution in [2.24, 2.45) is 0 Å². The van der Waals surface area contributed by atoms with Crippen LogP contribution < -0.4 is 0 Å². The van der Waals surface area contributed by atoms with E-state index in [9.17, 15) is 14.7 Å². The van der Waals surface area contributed by atoms with Gasteiger partial charge in [0.25, 0.3) is 11.8 Å². The molecular weight excluding hydrogens is 242 g/mol. The minimum atomic E-state index is -0.651. The summed E-state index contributed by atoms with van der Waals surface area (Å²) in [5.41, 5.74) is 0.523. The third-order valence-electron chi connectivity index (χ3n) is 2.59. The Hall–Kier alpha value is -1.81. The van der Waals surface area contributed by atoms with E-state index < -0.39 is 17.6 Å². The number of benzene rings is 1. The highest BCUT2D eigenvalue weighted by atomic mass is 35.5. The molecule has 0 atom stereocenters. The van der Waals surface area contributed by atoms with Crippen molar-refractivity contribution in [2.75, 3.05) is 6.54 Å². The fourth-order valence-electron chi connectivity index (χ4n) is 1.73. The first-order valence-corrected chi connectivity index (χ1v) is 5.49. The molecule has 0 bridgehead atoms. The molecule has 2 rings (SSSR count). The van der Waals surface area contributed by atoms with Crippen molar-refractivity contribution in [2.45, 2.75) is 6.92 Å². The number of imide groups is 1. The number of carbonyl (C=O) groups is 2. The molecule has 5 heteroatoms. The smallest absolute Gasteiger partial charge is 0.296 e. The van der Waals surface area contributed by atoms with E-state index in [1.807, 2.05) is 0 Å². The highest BCUT2D eigenvalue weighted by Crippen LogP contribution is 2.28. The predicted molar refractivity (Wildman–Crippen MR) is 63.4 cm³/mol. The van der Waals surface area contributed by atoms with Gasteiger partial charge in [-0.2, -0.15) is 0 Å². The van der Waals surface area contributed by atoms with Crippen molar-refractivity contribution in [3.05, 3.63) is 40.6 Å². The van der Waals surface area contributed by atoms with Gasteiger partial charge in [-0.25, -0.2) is 0 Å². The largest absolute Gasteiger partial charge is 0.502 e. The van der Waals surface area contributed by atoms with E-state index in [4.69, 9.17) is 11.6 Å². The van der Waals surface area contributed by atoms with Gasteiger partial charge >= 0.3 is 0 Å². The van der Waals surface area contributed by atoms with Crippen LogP contribution in [0.5, 0.6) is 0 Å². The van der Waals surface area contributed by atoms with Gasteiger partial charge in [-0.1, -0.05) is 23.7 Å². The normalized spacial score (nSPS) is 16.0. The molecule has 0 saturated heterocycles. The van der Waals surface area contributed by atoms with Crippen molar-refractivity contribution in [1.29, 1.82) is 0 Å². The van der Waals surface area contributed by atoms with Gasteiger partial charge in [0.15, 0.2) is 5.76 Å². The molecule has 1 aliphatic heterocycles. The number of halogens is 1. The molecule has 88 valence electrons. The Morgan fingerprint density at radius 3 is 2.24 bits per heavy atom. The highest BCUT2D eigenvalue weighted by molar-refractivity contribution is 6.35. The number of rotatable bonds is 2. The Bertz CT molecular complexity index is 519. The molecule has 0 fully saturated rings. The highest BCUT2D eigenvalue weighted by Gasteiger charge is 2.37. The molecule has 1 heterocycles. The minimum Gasteiger partial charge on any atom is -0.502 e. The summed E-state index contributed by atoms with van der Waals surface area (Å²) in [5.74, 6) is -1.63. The SMILES string of the molecule is CCN1C(=O)C(O)=C(c2ccc(Cl)cc2)C1=O. The second-order valence-electron chi connectivity index (χ2n) is 3.59. The van der Waals surface area contributed by atoms with E-state index in [2.05, 4.69) is 0 Å². The summed E-state index contributed by atoms with van der Waals surface area (Å²) in [6, 6.07) is 6.39. The molecule has 1 N–H and O–H groups in total. The molecule has 1 aromatic carbocycles. The Kier molecular flexibility index (Phi) is 2.90. The van der Waals surface area contributed by atoms with Gasteiger partial charge in [0, 0.05) is 11.6 Å². The lowest BCUT2D eigenvalue weighted by Gasteiger charge is -2.10. The summed E-state index contributed by atoms with van der Waals surface area (Å²) >= 11 is 5.73. The zero-order chi connectivity index (χ0) is 12.6. The lowest BCUT2D eigenvalue weighted by atomic mass is 10.1. The Morgan fingerprint density at radius 2 is 1.76 bits per heavy atom. The molecule has 0 spiro atoms. The van der Waals surface area contributed by atoms with E-state index in [0.717, 1.165) is 4.90 Å². The first-order valence-electron chi connectivity index (χ1n) is 5.11. The summed E-state index contributed by atoms with van der Waals surface area (Å²) in [6.45, 7) is 1.91. The Balaban J connectivity index is 2.48. The van der Waals surface area contributed by atoms with Gasteiger partial charge in [0.05, 0.1) is 5.57 Å². The fraction of sp³-hybridized carbons (Fsp3) is 0.167. The van der Waals surface area contributed by atoms with Crippen LogP contribution in [0.15, 0.2) is 30.0 Å². The van der Waals surface area contributed by atoms with Gasteiger partial charge in [-0.05, 0) is 24.6 Å². The van der Waals surface area contributed by atoms with Crippen LogP contribution in [0, 0.1) is 0 Å². The van der Waals surface area contributed by atoms with Crippen molar-refractivity contribution in [3.8, 4) is 0 Å². The summed E-state index contributed by atoms with van der Waals surface area (Å²) in [4.78, 5) is 24.5. The number of hydrogen-bond acceptors (Lipinski definition) is 3. The van der Waals surface area contributed by atoms with Crippen molar-refractivity contribution >= 4 is 29.0 Å². The molecular formula is C12H10ClNO3. The van der Waals surface area contributed by atoms with Gasteiger partial charge < -0.3 is 5.11 Å². The number of likely N-dealkylation sites (N-methyl/N-ethyl adjacent to an activating group) is 1. The zero-order valence-electron chi connectivity index (χ0n) is 9.11. The van der Waals surface area contributed by atoms with Crippen LogP contribution in [0.4, 0.5) is 0 Å². The Labute approximate surface area is 103 Å². The first kappa shape index (κ1) is 11.7. The molecule has 0 aromatic heterocycles. The average Bonchev–Trinajstić information content (AvgIpc) is 2.52. The molecule has 1 aliphatic rings. The maximum absolute atomic E-state index is 11.9. The number of aliphatic hydroxyl groups excluding tert-OH is 1. The number of carbonyl (C=O) groups excluding carboxylic acids is 2. The molecule has 0 unspecified atom stereocenters. The topological polar surface area (TPSA) is 57.6 Å². The minimum absolute atomic E-state index is 0.0357. The van der Waals surface area contributed by atoms with Crippen LogP contribution >= 0.6 is 11.6 Å². The van der Waals surface area contributed by atoms with Crippen molar-refractivity contribution in [1.82, 2.24) is 4.90 Å². The van der Waals surface area contributed by atoms with E-state index in [0.29, 0.717) is 10.6 Å². The van der Waals surface area contributed by atoms with Gasteiger partial charge in [0.1, 0.15) is 0 Å². The molecule has 0 radical (unpaired) electrons. The van der Waals surface area contributed by atoms with Crippen LogP contribution in [0.1, 0.15) is 12.5 Å². The predicted octanol–water partition coefficient (Wildman–Crippen LogP) is 2.00. The van der Waals surface area contributed by atoms with E-state index in [1.54, 1.807) is 31.2 Å². The van der Waals surface area contributed by atoms with Crippen LogP contribution in [0.25, 0.3) is 5.57 Å². The van der Waals surface area contributed by atoms with Crippen LogP contribution in [0.2, 0.25) is 5.02 Å². The number of hydrogen-bond donors (Lipinski definition) is 1. The molecule has 0 aliphatic carbocycles. The lowest BCUT2D eigenvalue weighted by Crippen LogP contribution is -2.31. The second-order valence-corrected chi connectivity index (χ2v) is 4.02. The van der Waals surface area contributed by atoms with Crippen LogP contribution in [-0.2, 0) is 9.59 Å². The summed E-state index contributed by atoms with van der Waals surface area (Å²) in [6.07, 6.45) is 0. The Morgan fingerprint density at radius 1 is 1.18 bits per heavy atom. The number of amides is 2. The second kappa shape index (κ2) is 4.22. The van der Waals surface area contributed by atoms with E-state index in [-0.39, 0.29) is 12.1 Å². The molecule has 17 heavy (non-hydrogen) atoms. The number of aliphatic hydroxyl groups is 1. The van der Waals surface area contributed by atoms with Gasteiger partial charge in [-0.3, -0.25) is 14.5 Å². The third kappa shape index (κ3) is 1.80. The maximum atomic E-state index is 11.9. The summed E-state index contributed by atoms with van der Waals surface area (Å²) < 4.78 is 0. The average molecular weight is 252 g/mol. The van der Waals surface area contributed by atoms with Crippen molar-refractivity contribution in [3.63, 3.8) is 0 Å². The molecule has 1 aromatic rings. The van der Waals surface area contributed by atoms with Crippen molar-refractivity contribution < 1.29 is 14.7 Å². The fourth-order valence-corrected chi connectivity index (χ4v) is 1.85. The maximum Gasteiger partial charge on any atom is 0.296 e. The standard InChI is InChI=1S/C12H10ClNO3/c1-2-14-11(16)9(10(15)12(14)17)7-3-5-8(13)6-4-7/h3-6,15H,2H2,1H3. The summed E-state index contributed by atoms with van der Waals surface area (Å²) in [7, 11) is 0. The van der Waals surface area contributed by atoms with Gasteiger partial charge in [-0.15, -0.1) is 0 Å². The monoisotopic (exact) mass is 251 g/mol. The first-order chi connectivity index (χ1) is 8.06. The van der Waals surface area contributed by atoms with Gasteiger partial charge in [0.2, 0.25) is 0 Å². The zero-order valence-corrected chi connectivity index (χ0v) is 9.86. The number of nitrogens with zero attached hydrogens (tertiary/aromatic N) is 1. The van der Waals surface area contributed by atoms with Crippen LogP contribution in [0.3, 0.4) is 0 Å². The van der Waals surface area contributed by atoms with E-state index >= 15 is 0 Å². The molecule has 2 amide bonds. The molecule has 0 saturated carbocycles.